The van der Waals surface area contributed by atoms with Crippen molar-refractivity contribution in [2.45, 2.75) is 32.5 Å². The minimum absolute atomic E-state index is 0.0951. The summed E-state index contributed by atoms with van der Waals surface area (Å²) in [5.74, 6) is 0.443. The van der Waals surface area contributed by atoms with E-state index in [0.29, 0.717) is 11.5 Å². The highest BCUT2D eigenvalue weighted by molar-refractivity contribution is 7.26. The molecule has 0 aliphatic rings. The lowest BCUT2D eigenvalue weighted by molar-refractivity contribution is -0.739. The zero-order chi connectivity index (χ0) is 37.5. The standard InChI is InChI=1S/C50H42N4S/c1-4-33(2)48(52-50(36-14-7-5-8-15-36)53(3)38-16-9-6-10-17-38)35-23-26-39(27-24-35)54-45-29-22-34(32-51)30-44(45)41-28-25-37(31-46(41)54)40-19-13-20-43-42-18-11-12-21-47(42)55-49(40)43/h5-31,33,48,50,52H,4H2,1-3H3/p+1. The summed E-state index contributed by atoms with van der Waals surface area (Å²) in [6.45, 7) is 4.67. The van der Waals surface area contributed by atoms with Gasteiger partial charge >= 0.3 is 0 Å². The Balaban J connectivity index is 1.15. The number of nitrogens with zero attached hydrogens (tertiary/aromatic N) is 3. The average Bonchev–Trinajstić information content (AvgIpc) is 3.79. The zero-order valence-corrected chi connectivity index (χ0v) is 32.2. The van der Waals surface area contributed by atoms with E-state index in [0.717, 1.165) is 33.9 Å². The molecule has 9 aromatic rings. The van der Waals surface area contributed by atoms with Crippen molar-refractivity contribution >= 4 is 59.0 Å². The minimum atomic E-state index is 0.0951. The lowest BCUT2D eigenvalue weighted by atomic mass is 9.91. The van der Waals surface area contributed by atoms with E-state index in [4.69, 9.17) is 0 Å². The van der Waals surface area contributed by atoms with Crippen LogP contribution in [0.1, 0.15) is 49.2 Å². The number of aromatic nitrogens is 1. The fraction of sp³-hybridized carbons (Fsp3) is 0.140. The van der Waals surface area contributed by atoms with Gasteiger partial charge in [-0.1, -0.05) is 123 Å². The van der Waals surface area contributed by atoms with E-state index in [1.807, 2.05) is 23.5 Å². The van der Waals surface area contributed by atoms with E-state index >= 15 is 0 Å². The van der Waals surface area contributed by atoms with Gasteiger partial charge in [-0.25, -0.2) is 0 Å². The maximum absolute atomic E-state index is 9.87. The van der Waals surface area contributed by atoms with Gasteiger partial charge in [-0.3, -0.25) is 0 Å². The topological polar surface area (TPSA) is 48.6 Å². The van der Waals surface area contributed by atoms with Gasteiger partial charge in [-0.15, -0.1) is 11.3 Å². The van der Waals surface area contributed by atoms with E-state index in [1.54, 1.807) is 0 Å². The van der Waals surface area contributed by atoms with Gasteiger partial charge in [0.1, 0.15) is 6.04 Å². The lowest BCUT2D eigenvalue weighted by Gasteiger charge is -2.33. The number of thiophene rings is 1. The molecule has 3 atom stereocenters. The highest BCUT2D eigenvalue weighted by Crippen LogP contribution is 2.42. The Morgan fingerprint density at radius 2 is 1.40 bits per heavy atom. The van der Waals surface area contributed by atoms with Crippen molar-refractivity contribution < 1.29 is 5.32 Å². The quantitative estimate of drug-likeness (QED) is 0.142. The number of hydrogen-bond acceptors (Lipinski definition) is 3. The second-order valence-electron chi connectivity index (χ2n) is 14.7. The maximum atomic E-state index is 9.87. The van der Waals surface area contributed by atoms with E-state index in [1.165, 1.54) is 48.1 Å². The molecule has 0 radical (unpaired) electrons. The Hall–Kier alpha value is -6.19. The predicted molar refractivity (Wildman–Crippen MR) is 232 cm³/mol. The van der Waals surface area contributed by atoms with Crippen LogP contribution in [0, 0.1) is 17.2 Å². The molecule has 7 aromatic carbocycles. The largest absolute Gasteiger partial charge is 0.322 e. The third kappa shape index (κ3) is 6.24. The number of anilines is 1. The van der Waals surface area contributed by atoms with Crippen molar-refractivity contribution in [1.29, 1.82) is 5.26 Å². The molecule has 2 aromatic heterocycles. The van der Waals surface area contributed by atoms with E-state index in [9.17, 15) is 5.26 Å². The van der Waals surface area contributed by atoms with Crippen molar-refractivity contribution in [2.24, 2.45) is 5.92 Å². The fourth-order valence-electron chi connectivity index (χ4n) is 8.37. The van der Waals surface area contributed by atoms with Crippen molar-refractivity contribution in [1.82, 2.24) is 4.57 Å². The summed E-state index contributed by atoms with van der Waals surface area (Å²) >= 11 is 1.86. The van der Waals surface area contributed by atoms with Gasteiger partial charge in [0.2, 0.25) is 0 Å². The molecule has 0 saturated carbocycles. The summed E-state index contributed by atoms with van der Waals surface area (Å²) in [6, 6.07) is 61.6. The van der Waals surface area contributed by atoms with Crippen LogP contribution in [-0.2, 0) is 0 Å². The summed E-state index contributed by atoms with van der Waals surface area (Å²) < 4.78 is 4.99. The van der Waals surface area contributed by atoms with Crippen LogP contribution in [0.2, 0.25) is 0 Å². The summed E-state index contributed by atoms with van der Waals surface area (Å²) in [5, 5.41) is 17.2. The molecule has 268 valence electrons. The summed E-state index contributed by atoms with van der Waals surface area (Å²) in [6.07, 6.45) is 1.17. The van der Waals surface area contributed by atoms with Gasteiger partial charge in [-0.05, 0) is 72.1 Å². The van der Waals surface area contributed by atoms with Crippen molar-refractivity contribution in [2.75, 3.05) is 11.9 Å². The van der Waals surface area contributed by atoms with Gasteiger partial charge in [0.25, 0.3) is 0 Å². The smallest absolute Gasteiger partial charge is 0.188 e. The van der Waals surface area contributed by atoms with Crippen LogP contribution >= 0.6 is 11.3 Å². The van der Waals surface area contributed by atoms with Crippen molar-refractivity contribution in [3.63, 3.8) is 0 Å². The molecule has 3 unspecified atom stereocenters. The second kappa shape index (κ2) is 14.6. The van der Waals surface area contributed by atoms with Crippen LogP contribution in [-0.4, -0.2) is 11.6 Å². The van der Waals surface area contributed by atoms with Gasteiger partial charge in [0.15, 0.2) is 6.17 Å². The molecule has 0 aliphatic heterocycles. The van der Waals surface area contributed by atoms with Crippen LogP contribution in [0.3, 0.4) is 0 Å². The molecule has 2 heterocycles. The van der Waals surface area contributed by atoms with Crippen LogP contribution < -0.4 is 10.2 Å². The molecule has 2 N–H and O–H groups in total. The number of nitrogens with two attached hydrogens (primary N) is 1. The Bertz CT molecular complexity index is 2830. The molecule has 5 heteroatoms. The lowest BCUT2D eigenvalue weighted by Crippen LogP contribution is -2.90. The van der Waals surface area contributed by atoms with Crippen LogP contribution in [0.4, 0.5) is 5.69 Å². The first-order valence-corrected chi connectivity index (χ1v) is 20.0. The van der Waals surface area contributed by atoms with Gasteiger partial charge in [0, 0.05) is 66.4 Å². The number of hydrogen-bond donors (Lipinski definition) is 1. The summed E-state index contributed by atoms with van der Waals surface area (Å²) in [5.41, 5.74) is 10.2. The van der Waals surface area contributed by atoms with E-state index in [2.05, 4.69) is 193 Å². The number of fused-ring (bicyclic) bond motifs is 6. The molecule has 4 nitrogen and oxygen atoms in total. The molecular formula is C50H43N4S+. The number of benzene rings is 7. The predicted octanol–water partition coefficient (Wildman–Crippen LogP) is 12.2. The summed E-state index contributed by atoms with van der Waals surface area (Å²) in [7, 11) is 2.20. The Morgan fingerprint density at radius 3 is 2.16 bits per heavy atom. The molecule has 0 bridgehead atoms. The SMILES string of the molecule is CCC(C)C([NH2+]C(c1ccccc1)N(C)c1ccccc1)c1ccc(-n2c3ccc(C#N)cc3c3ccc(-c4cccc5c4sc4ccccc45)cc32)cc1. The van der Waals surface area contributed by atoms with Gasteiger partial charge in [0.05, 0.1) is 22.7 Å². The Labute approximate surface area is 326 Å². The molecule has 0 saturated heterocycles. The van der Waals surface area contributed by atoms with E-state index < -0.39 is 0 Å². The molecule has 9 rings (SSSR count). The first kappa shape index (κ1) is 34.6. The third-order valence-electron chi connectivity index (χ3n) is 11.5. The highest BCUT2D eigenvalue weighted by Gasteiger charge is 2.30. The monoisotopic (exact) mass is 731 g/mol. The second-order valence-corrected chi connectivity index (χ2v) is 15.7. The van der Waals surface area contributed by atoms with Gasteiger partial charge in [-0.2, -0.15) is 5.26 Å². The maximum Gasteiger partial charge on any atom is 0.188 e. The molecular weight excluding hydrogens is 689 g/mol. The Kier molecular flexibility index (Phi) is 9.15. The Morgan fingerprint density at radius 1 is 0.673 bits per heavy atom. The minimum Gasteiger partial charge on any atom is -0.322 e. The van der Waals surface area contributed by atoms with Gasteiger partial charge < -0.3 is 14.8 Å². The molecule has 55 heavy (non-hydrogen) atoms. The number of para-hydroxylation sites is 1. The molecule has 0 fully saturated rings. The molecule has 0 amide bonds. The van der Waals surface area contributed by atoms with Crippen molar-refractivity contribution in [3.05, 3.63) is 180 Å². The van der Waals surface area contributed by atoms with Crippen LogP contribution in [0.25, 0.3) is 58.8 Å². The fourth-order valence-corrected chi connectivity index (χ4v) is 9.61. The highest BCUT2D eigenvalue weighted by atomic mass is 32.1. The molecule has 0 aliphatic carbocycles. The normalized spacial score (nSPS) is 13.3. The average molecular weight is 732 g/mol. The summed E-state index contributed by atoms with van der Waals surface area (Å²) in [4.78, 5) is 2.39. The molecule has 0 spiro atoms. The van der Waals surface area contributed by atoms with Crippen molar-refractivity contribution in [3.8, 4) is 22.9 Å². The third-order valence-corrected chi connectivity index (χ3v) is 12.7. The number of quaternary nitrogens is 1. The number of nitriles is 1. The first-order chi connectivity index (χ1) is 27.0. The van der Waals surface area contributed by atoms with Crippen LogP contribution in [0.15, 0.2) is 164 Å². The van der Waals surface area contributed by atoms with Crippen LogP contribution in [0.5, 0.6) is 0 Å². The zero-order valence-electron chi connectivity index (χ0n) is 31.4. The number of rotatable bonds is 10. The first-order valence-electron chi connectivity index (χ1n) is 19.2. The van der Waals surface area contributed by atoms with E-state index in [-0.39, 0.29) is 12.2 Å².